The van der Waals surface area contributed by atoms with Crippen LogP contribution in [-0.4, -0.2) is 29.1 Å². The molecule has 5 nitrogen and oxygen atoms in total. The molecular weight excluding hydrogens is 252 g/mol. The van der Waals surface area contributed by atoms with Crippen LogP contribution in [0.1, 0.15) is 36.2 Å². The van der Waals surface area contributed by atoms with Crippen LogP contribution in [0.25, 0.3) is 0 Å². The van der Waals surface area contributed by atoms with E-state index in [9.17, 15) is 0 Å². The third-order valence-corrected chi connectivity index (χ3v) is 4.74. The normalized spacial score (nSPS) is 26.1. The molecule has 0 radical (unpaired) electrons. The summed E-state index contributed by atoms with van der Waals surface area (Å²) in [5.74, 6) is 1.77. The Morgan fingerprint density at radius 2 is 2.00 bits per heavy atom. The Morgan fingerprint density at radius 3 is 2.60 bits per heavy atom. The van der Waals surface area contributed by atoms with E-state index in [0.29, 0.717) is 0 Å². The van der Waals surface area contributed by atoms with Crippen LogP contribution in [0.2, 0.25) is 0 Å². The van der Waals surface area contributed by atoms with Crippen LogP contribution in [-0.2, 0) is 0 Å². The highest BCUT2D eigenvalue weighted by atomic mass is 16.4. The second-order valence-corrected chi connectivity index (χ2v) is 6.08. The minimum atomic E-state index is 0.155. The quantitative estimate of drug-likeness (QED) is 0.374. The summed E-state index contributed by atoms with van der Waals surface area (Å²) < 4.78 is 0. The first-order chi connectivity index (χ1) is 9.60. The summed E-state index contributed by atoms with van der Waals surface area (Å²) in [6.45, 7) is 6.07. The number of amidine groups is 1. The van der Waals surface area contributed by atoms with E-state index in [1.807, 2.05) is 13.8 Å². The molecule has 3 N–H and O–H groups in total. The fraction of sp³-hybridized carbons (Fsp3) is 0.600. The van der Waals surface area contributed by atoms with Crippen molar-refractivity contribution in [3.05, 3.63) is 23.0 Å². The monoisotopic (exact) mass is 274 g/mol. The Balaban J connectivity index is 2.00. The zero-order valence-electron chi connectivity index (χ0n) is 12.1. The number of pyridine rings is 1. The van der Waals surface area contributed by atoms with Gasteiger partial charge in [-0.15, -0.1) is 0 Å². The molecule has 0 bridgehead atoms. The zero-order chi connectivity index (χ0) is 14.3. The average molecular weight is 274 g/mol. The standard InChI is InChI=1S/C15H22N4O/c1-9-6-13(14(10(2)17-9)15(16)18-20)19-7-11-4-3-5-12(11)8-19/h6,11-12,20H,3-5,7-8H2,1-2H3,(H2,16,18). The molecule has 1 aromatic rings. The second-order valence-electron chi connectivity index (χ2n) is 6.08. The number of aromatic nitrogens is 1. The predicted octanol–water partition coefficient (Wildman–Crippen LogP) is 2.03. The topological polar surface area (TPSA) is 74.7 Å². The number of oxime groups is 1. The molecule has 3 rings (SSSR count). The molecule has 20 heavy (non-hydrogen) atoms. The van der Waals surface area contributed by atoms with Crippen molar-refractivity contribution >= 4 is 11.5 Å². The van der Waals surface area contributed by atoms with Gasteiger partial charge in [0.25, 0.3) is 0 Å². The average Bonchev–Trinajstić information content (AvgIpc) is 2.97. The van der Waals surface area contributed by atoms with Gasteiger partial charge >= 0.3 is 0 Å². The summed E-state index contributed by atoms with van der Waals surface area (Å²) in [7, 11) is 0. The van der Waals surface area contributed by atoms with Gasteiger partial charge in [-0.2, -0.15) is 0 Å². The van der Waals surface area contributed by atoms with E-state index in [4.69, 9.17) is 10.9 Å². The van der Waals surface area contributed by atoms with Crippen LogP contribution in [0.4, 0.5) is 5.69 Å². The molecule has 2 heterocycles. The van der Waals surface area contributed by atoms with E-state index in [0.717, 1.165) is 47.6 Å². The summed E-state index contributed by atoms with van der Waals surface area (Å²) in [6, 6.07) is 2.06. The van der Waals surface area contributed by atoms with Gasteiger partial charge in [-0.25, -0.2) is 0 Å². The van der Waals surface area contributed by atoms with E-state index in [1.165, 1.54) is 19.3 Å². The molecule has 2 atom stereocenters. The highest BCUT2D eigenvalue weighted by Crippen LogP contribution is 2.40. The number of aryl methyl sites for hydroxylation is 2. The van der Waals surface area contributed by atoms with E-state index in [-0.39, 0.29) is 5.84 Å². The van der Waals surface area contributed by atoms with E-state index < -0.39 is 0 Å². The van der Waals surface area contributed by atoms with Gasteiger partial charge in [-0.1, -0.05) is 11.6 Å². The fourth-order valence-corrected chi connectivity index (χ4v) is 3.86. The Labute approximate surface area is 119 Å². The number of nitrogens with two attached hydrogens (primary N) is 1. The van der Waals surface area contributed by atoms with Crippen molar-refractivity contribution in [2.75, 3.05) is 18.0 Å². The Hall–Kier alpha value is -1.78. The Bertz CT molecular complexity index is 543. The molecule has 2 aliphatic rings. The minimum Gasteiger partial charge on any atom is -0.409 e. The first-order valence-corrected chi connectivity index (χ1v) is 7.31. The molecule has 0 aromatic carbocycles. The van der Waals surface area contributed by atoms with E-state index in [2.05, 4.69) is 21.1 Å². The summed E-state index contributed by atoms with van der Waals surface area (Å²) >= 11 is 0. The number of nitrogens with zero attached hydrogens (tertiary/aromatic N) is 3. The molecule has 108 valence electrons. The first-order valence-electron chi connectivity index (χ1n) is 7.31. The van der Waals surface area contributed by atoms with Crippen LogP contribution < -0.4 is 10.6 Å². The van der Waals surface area contributed by atoms with Gasteiger partial charge in [-0.3, -0.25) is 4.98 Å². The molecule has 1 saturated heterocycles. The van der Waals surface area contributed by atoms with Gasteiger partial charge in [0.1, 0.15) is 0 Å². The number of rotatable bonds is 2. The molecule has 1 aromatic heterocycles. The number of fused-ring (bicyclic) bond motifs is 1. The van der Waals surface area contributed by atoms with Gasteiger partial charge in [0.15, 0.2) is 5.84 Å². The molecule has 0 spiro atoms. The van der Waals surface area contributed by atoms with E-state index in [1.54, 1.807) is 0 Å². The van der Waals surface area contributed by atoms with Crippen molar-refractivity contribution in [2.24, 2.45) is 22.7 Å². The number of hydrogen-bond donors (Lipinski definition) is 2. The number of hydrogen-bond acceptors (Lipinski definition) is 4. The van der Waals surface area contributed by atoms with Crippen molar-refractivity contribution in [3.63, 3.8) is 0 Å². The molecule has 2 unspecified atom stereocenters. The van der Waals surface area contributed by atoms with Crippen LogP contribution in [0.15, 0.2) is 11.2 Å². The van der Waals surface area contributed by atoms with Gasteiger partial charge in [0.05, 0.1) is 16.9 Å². The maximum Gasteiger partial charge on any atom is 0.174 e. The van der Waals surface area contributed by atoms with Gasteiger partial charge in [-0.05, 0) is 44.6 Å². The van der Waals surface area contributed by atoms with Crippen molar-refractivity contribution in [1.82, 2.24) is 4.98 Å². The van der Waals surface area contributed by atoms with Gasteiger partial charge < -0.3 is 15.8 Å². The molecule has 1 aliphatic carbocycles. The van der Waals surface area contributed by atoms with Crippen LogP contribution in [0.5, 0.6) is 0 Å². The Morgan fingerprint density at radius 1 is 1.35 bits per heavy atom. The van der Waals surface area contributed by atoms with Gasteiger partial charge in [0.2, 0.25) is 0 Å². The molecule has 1 saturated carbocycles. The third-order valence-electron chi connectivity index (χ3n) is 4.74. The predicted molar refractivity (Wildman–Crippen MR) is 79.3 cm³/mol. The Kier molecular flexibility index (Phi) is 3.28. The van der Waals surface area contributed by atoms with E-state index >= 15 is 0 Å². The number of anilines is 1. The second kappa shape index (κ2) is 4.96. The lowest BCUT2D eigenvalue weighted by Crippen LogP contribution is -2.27. The van der Waals surface area contributed by atoms with Gasteiger partial charge in [0, 0.05) is 18.8 Å². The lowest BCUT2D eigenvalue weighted by Gasteiger charge is -2.24. The zero-order valence-corrected chi connectivity index (χ0v) is 12.1. The maximum atomic E-state index is 9.03. The first kappa shape index (κ1) is 13.2. The van der Waals surface area contributed by atoms with Crippen molar-refractivity contribution < 1.29 is 5.21 Å². The smallest absolute Gasteiger partial charge is 0.174 e. The van der Waals surface area contributed by atoms with Crippen molar-refractivity contribution in [3.8, 4) is 0 Å². The maximum absolute atomic E-state index is 9.03. The largest absolute Gasteiger partial charge is 0.409 e. The summed E-state index contributed by atoms with van der Waals surface area (Å²) in [5, 5.41) is 12.2. The summed E-state index contributed by atoms with van der Waals surface area (Å²) in [6.07, 6.45) is 4.04. The van der Waals surface area contributed by atoms with Crippen LogP contribution in [0, 0.1) is 25.7 Å². The molecule has 0 amide bonds. The van der Waals surface area contributed by atoms with Crippen molar-refractivity contribution in [2.45, 2.75) is 33.1 Å². The molecular formula is C15H22N4O. The lowest BCUT2D eigenvalue weighted by atomic mass is 10.0. The van der Waals surface area contributed by atoms with Crippen molar-refractivity contribution in [1.29, 1.82) is 0 Å². The van der Waals surface area contributed by atoms with Crippen LogP contribution in [0.3, 0.4) is 0 Å². The molecule has 2 fully saturated rings. The lowest BCUT2D eigenvalue weighted by molar-refractivity contribution is 0.318. The highest BCUT2D eigenvalue weighted by molar-refractivity contribution is 6.03. The third kappa shape index (κ3) is 2.11. The molecule has 1 aliphatic heterocycles. The SMILES string of the molecule is Cc1cc(N2CC3CCCC3C2)c(/C(N)=N/O)c(C)n1. The van der Waals surface area contributed by atoms with Crippen LogP contribution >= 0.6 is 0 Å². The minimum absolute atomic E-state index is 0.155. The summed E-state index contributed by atoms with van der Waals surface area (Å²) in [4.78, 5) is 6.84. The fourth-order valence-electron chi connectivity index (χ4n) is 3.86. The highest BCUT2D eigenvalue weighted by Gasteiger charge is 2.37. The summed E-state index contributed by atoms with van der Waals surface area (Å²) in [5.41, 5.74) is 9.51. The molecule has 5 heteroatoms.